The zero-order valence-electron chi connectivity index (χ0n) is 10.7. The van der Waals surface area contributed by atoms with Crippen molar-refractivity contribution in [3.63, 3.8) is 0 Å². The highest BCUT2D eigenvalue weighted by atomic mass is 79.9. The van der Waals surface area contributed by atoms with Crippen LogP contribution in [0.25, 0.3) is 0 Å². The summed E-state index contributed by atoms with van der Waals surface area (Å²) in [6, 6.07) is 6.27. The number of carbonyl (C=O) groups is 1. The molecule has 0 unspecified atom stereocenters. The molecule has 0 atom stereocenters. The van der Waals surface area contributed by atoms with Crippen LogP contribution in [-0.2, 0) is 11.3 Å². The minimum absolute atomic E-state index is 0.171. The molecule has 3 nitrogen and oxygen atoms in total. The molecule has 5 heteroatoms. The largest absolute Gasteiger partial charge is 0.353 e. The van der Waals surface area contributed by atoms with Gasteiger partial charge in [-0.3, -0.25) is 4.79 Å². The van der Waals surface area contributed by atoms with Crippen molar-refractivity contribution in [3.8, 4) is 0 Å². The quantitative estimate of drug-likeness (QED) is 0.745. The summed E-state index contributed by atoms with van der Waals surface area (Å²) >= 11 is 9.53. The molecule has 2 N–H and O–H groups in total. The summed E-state index contributed by atoms with van der Waals surface area (Å²) < 4.78 is 1.03. The van der Waals surface area contributed by atoms with E-state index in [4.69, 9.17) is 11.6 Å². The van der Waals surface area contributed by atoms with Crippen LogP contribution in [0.5, 0.6) is 0 Å². The Morgan fingerprint density at radius 1 is 1.42 bits per heavy atom. The van der Waals surface area contributed by atoms with Gasteiger partial charge in [-0.1, -0.05) is 27.5 Å². The lowest BCUT2D eigenvalue weighted by atomic mass is 10.2. The summed E-state index contributed by atoms with van der Waals surface area (Å²) in [5, 5.41) is 7.06. The average Bonchev–Trinajstić information content (AvgIpc) is 3.17. The lowest BCUT2D eigenvalue weighted by Gasteiger charge is -2.07. The van der Waals surface area contributed by atoms with Gasteiger partial charge < -0.3 is 10.6 Å². The molecule has 1 aromatic carbocycles. The minimum atomic E-state index is 0.171. The molecule has 2 rings (SSSR count). The van der Waals surface area contributed by atoms with Crippen molar-refractivity contribution < 1.29 is 4.79 Å². The molecule has 0 spiro atoms. The molecule has 0 bridgehead atoms. The fourth-order valence-corrected chi connectivity index (χ4v) is 2.40. The van der Waals surface area contributed by atoms with Crippen molar-refractivity contribution in [3.05, 3.63) is 33.3 Å². The highest BCUT2D eigenvalue weighted by molar-refractivity contribution is 9.10. The number of amides is 1. The van der Waals surface area contributed by atoms with Crippen LogP contribution in [0.2, 0.25) is 5.02 Å². The second kappa shape index (κ2) is 7.27. The maximum atomic E-state index is 11.5. The summed E-state index contributed by atoms with van der Waals surface area (Å²) in [5.41, 5.74) is 1.07. The lowest BCUT2D eigenvalue weighted by Crippen LogP contribution is -2.26. The molecule has 0 saturated heterocycles. The van der Waals surface area contributed by atoms with Crippen molar-refractivity contribution in [1.82, 2.24) is 10.6 Å². The zero-order valence-corrected chi connectivity index (χ0v) is 13.1. The van der Waals surface area contributed by atoms with Gasteiger partial charge in [0.1, 0.15) is 0 Å². The van der Waals surface area contributed by atoms with Gasteiger partial charge in [0.05, 0.1) is 0 Å². The standard InChI is InChI=1S/C14H18BrClN2O/c15-11-3-6-13(16)10(8-11)9-17-7-1-2-14(19)18-12-4-5-12/h3,6,8,12,17H,1-2,4-5,7,9H2,(H,18,19). The van der Waals surface area contributed by atoms with Gasteiger partial charge in [0, 0.05) is 28.5 Å². The molecule has 1 amide bonds. The predicted molar refractivity (Wildman–Crippen MR) is 81.3 cm³/mol. The van der Waals surface area contributed by atoms with Crippen LogP contribution in [0.4, 0.5) is 0 Å². The van der Waals surface area contributed by atoms with Crippen LogP contribution in [0, 0.1) is 0 Å². The van der Waals surface area contributed by atoms with Crippen LogP contribution in [0.3, 0.4) is 0 Å². The van der Waals surface area contributed by atoms with Gasteiger partial charge in [-0.25, -0.2) is 0 Å². The van der Waals surface area contributed by atoms with Gasteiger partial charge in [0.25, 0.3) is 0 Å². The Kier molecular flexibility index (Phi) is 5.67. The van der Waals surface area contributed by atoms with E-state index in [1.807, 2.05) is 18.2 Å². The highest BCUT2D eigenvalue weighted by Gasteiger charge is 2.22. The molecule has 1 aromatic rings. The summed E-state index contributed by atoms with van der Waals surface area (Å²) in [7, 11) is 0. The van der Waals surface area contributed by atoms with E-state index in [9.17, 15) is 4.79 Å². The van der Waals surface area contributed by atoms with Gasteiger partial charge in [-0.2, -0.15) is 0 Å². The first-order valence-corrected chi connectivity index (χ1v) is 7.76. The maximum Gasteiger partial charge on any atom is 0.220 e. The summed E-state index contributed by atoms with van der Waals surface area (Å²) in [4.78, 5) is 11.5. The van der Waals surface area contributed by atoms with E-state index in [0.717, 1.165) is 47.4 Å². The molecule has 0 aromatic heterocycles. The molecule has 1 aliphatic carbocycles. The average molecular weight is 346 g/mol. The van der Waals surface area contributed by atoms with E-state index >= 15 is 0 Å². The fraction of sp³-hybridized carbons (Fsp3) is 0.500. The second-order valence-electron chi connectivity index (χ2n) is 4.86. The summed E-state index contributed by atoms with van der Waals surface area (Å²) in [6.07, 6.45) is 3.73. The third kappa shape index (κ3) is 5.51. The predicted octanol–water partition coefficient (Wildman–Crippen LogP) is 3.25. The number of rotatable bonds is 7. The Morgan fingerprint density at radius 3 is 2.95 bits per heavy atom. The van der Waals surface area contributed by atoms with E-state index in [-0.39, 0.29) is 5.91 Å². The number of hydrogen-bond donors (Lipinski definition) is 2. The smallest absolute Gasteiger partial charge is 0.220 e. The van der Waals surface area contributed by atoms with Crippen LogP contribution >= 0.6 is 27.5 Å². The highest BCUT2D eigenvalue weighted by Crippen LogP contribution is 2.21. The van der Waals surface area contributed by atoms with Crippen molar-refractivity contribution in [1.29, 1.82) is 0 Å². The Balaban J connectivity index is 1.60. The fourth-order valence-electron chi connectivity index (χ4n) is 1.80. The van der Waals surface area contributed by atoms with Gasteiger partial charge >= 0.3 is 0 Å². The Hall–Kier alpha value is -0.580. The van der Waals surface area contributed by atoms with Crippen molar-refractivity contribution >= 4 is 33.4 Å². The summed E-state index contributed by atoms with van der Waals surface area (Å²) in [6.45, 7) is 1.55. The van der Waals surface area contributed by atoms with E-state index in [2.05, 4.69) is 26.6 Å². The van der Waals surface area contributed by atoms with Gasteiger partial charge in [-0.15, -0.1) is 0 Å². The molecule has 0 aliphatic heterocycles. The summed E-state index contributed by atoms with van der Waals surface area (Å²) in [5.74, 6) is 0.171. The van der Waals surface area contributed by atoms with Crippen molar-refractivity contribution in [2.24, 2.45) is 0 Å². The number of carbonyl (C=O) groups excluding carboxylic acids is 1. The monoisotopic (exact) mass is 344 g/mol. The normalized spacial score (nSPS) is 14.4. The molecule has 1 fully saturated rings. The lowest BCUT2D eigenvalue weighted by molar-refractivity contribution is -0.121. The first kappa shape index (κ1) is 14.8. The Labute approximate surface area is 127 Å². The van der Waals surface area contributed by atoms with E-state index < -0.39 is 0 Å². The van der Waals surface area contributed by atoms with Crippen LogP contribution in [0.15, 0.2) is 22.7 Å². The first-order valence-electron chi connectivity index (χ1n) is 6.59. The van der Waals surface area contributed by atoms with Gasteiger partial charge in [0.2, 0.25) is 5.91 Å². The van der Waals surface area contributed by atoms with Gasteiger partial charge in [0.15, 0.2) is 0 Å². The minimum Gasteiger partial charge on any atom is -0.353 e. The Morgan fingerprint density at radius 2 is 2.21 bits per heavy atom. The molecule has 19 heavy (non-hydrogen) atoms. The Bertz CT molecular complexity index is 449. The van der Waals surface area contributed by atoms with E-state index in [1.54, 1.807) is 0 Å². The molecule has 0 heterocycles. The molecule has 1 saturated carbocycles. The van der Waals surface area contributed by atoms with E-state index in [0.29, 0.717) is 12.5 Å². The third-order valence-electron chi connectivity index (χ3n) is 3.02. The SMILES string of the molecule is O=C(CCCNCc1cc(Br)ccc1Cl)NC1CC1. The van der Waals surface area contributed by atoms with Gasteiger partial charge in [-0.05, 0) is 49.6 Å². The molecule has 0 radical (unpaired) electrons. The van der Waals surface area contributed by atoms with E-state index in [1.165, 1.54) is 0 Å². The number of hydrogen-bond acceptors (Lipinski definition) is 2. The van der Waals surface area contributed by atoms with Crippen LogP contribution in [0.1, 0.15) is 31.2 Å². The third-order valence-corrected chi connectivity index (χ3v) is 3.89. The number of benzene rings is 1. The maximum absolute atomic E-state index is 11.5. The van der Waals surface area contributed by atoms with Crippen LogP contribution < -0.4 is 10.6 Å². The topological polar surface area (TPSA) is 41.1 Å². The zero-order chi connectivity index (χ0) is 13.7. The number of halogens is 2. The van der Waals surface area contributed by atoms with Crippen LogP contribution in [-0.4, -0.2) is 18.5 Å². The van der Waals surface area contributed by atoms with Crippen molar-refractivity contribution in [2.75, 3.05) is 6.54 Å². The molecular formula is C14H18BrClN2O. The molecular weight excluding hydrogens is 328 g/mol. The second-order valence-corrected chi connectivity index (χ2v) is 6.18. The van der Waals surface area contributed by atoms with Crippen molar-refractivity contribution in [2.45, 2.75) is 38.3 Å². The first-order chi connectivity index (χ1) is 9.15. The molecule has 104 valence electrons. The number of nitrogens with one attached hydrogen (secondary N) is 2. The molecule has 1 aliphatic rings.